The van der Waals surface area contributed by atoms with Crippen molar-refractivity contribution in [3.05, 3.63) is 36.4 Å². The normalized spacial score (nSPS) is 17.9. The molecule has 4 heteroatoms. The fourth-order valence-corrected chi connectivity index (χ4v) is 1.65. The third kappa shape index (κ3) is 5.65. The summed E-state index contributed by atoms with van der Waals surface area (Å²) in [4.78, 5) is 2.32. The molecule has 0 amide bonds. The summed E-state index contributed by atoms with van der Waals surface area (Å²) in [6, 6.07) is 0. The van der Waals surface area contributed by atoms with Gasteiger partial charge >= 0.3 is 0 Å². The van der Waals surface area contributed by atoms with Crippen LogP contribution >= 0.6 is 0 Å². The largest absolute Gasteiger partial charge is 0.492 e. The average Bonchev–Trinajstić information content (AvgIpc) is 2.28. The van der Waals surface area contributed by atoms with Gasteiger partial charge in [0.2, 0.25) is 0 Å². The minimum atomic E-state index is -0.509. The van der Waals surface area contributed by atoms with Crippen LogP contribution in [0.1, 0.15) is 6.92 Å². The van der Waals surface area contributed by atoms with Gasteiger partial charge in [0.1, 0.15) is 18.2 Å². The molecule has 17 heavy (non-hydrogen) atoms. The molecule has 0 atom stereocenters. The molecular weight excluding hydrogens is 219 g/mol. The van der Waals surface area contributed by atoms with Crippen LogP contribution in [0.4, 0.5) is 4.39 Å². The maximum Gasteiger partial charge on any atom is 0.124 e. The summed E-state index contributed by atoms with van der Waals surface area (Å²) in [6.07, 6.45) is 1.28. The van der Waals surface area contributed by atoms with Crippen molar-refractivity contribution in [3.63, 3.8) is 0 Å². The summed E-state index contributed by atoms with van der Waals surface area (Å²) >= 11 is 0. The van der Waals surface area contributed by atoms with Gasteiger partial charge in [0.15, 0.2) is 0 Å². The third-order valence-corrected chi connectivity index (χ3v) is 2.58. The van der Waals surface area contributed by atoms with Crippen LogP contribution in [0.3, 0.4) is 0 Å². The van der Waals surface area contributed by atoms with Gasteiger partial charge in [-0.05, 0) is 12.5 Å². The molecule has 0 radical (unpaired) electrons. The summed E-state index contributed by atoms with van der Waals surface area (Å²) in [5.74, 6) is -0.0298. The molecule has 0 unspecified atom stereocenters. The number of hydrogen-bond acceptors (Lipinski definition) is 3. The first-order valence-corrected chi connectivity index (χ1v) is 5.87. The number of hydrogen-bond donors (Lipinski definition) is 1. The average molecular weight is 240 g/mol. The molecule has 0 aromatic carbocycles. The molecule has 1 fully saturated rings. The molecule has 0 aromatic heterocycles. The second kappa shape index (κ2) is 7.25. The van der Waals surface area contributed by atoms with E-state index in [1.54, 1.807) is 6.92 Å². The number of allylic oxidation sites excluding steroid dienone is 3. The number of nitrogens with zero attached hydrogens (tertiary/aromatic N) is 1. The van der Waals surface area contributed by atoms with E-state index in [4.69, 9.17) is 4.74 Å². The zero-order valence-electron chi connectivity index (χ0n) is 10.5. The van der Waals surface area contributed by atoms with Crippen molar-refractivity contribution in [2.75, 3.05) is 39.3 Å². The Balaban J connectivity index is 2.31. The SMILES string of the molecule is C=C(F)/C=C(/OCCN1CCNCC1)C(=C)C. The van der Waals surface area contributed by atoms with E-state index >= 15 is 0 Å². The van der Waals surface area contributed by atoms with Crippen molar-refractivity contribution in [2.24, 2.45) is 0 Å². The lowest BCUT2D eigenvalue weighted by Gasteiger charge is -2.27. The first-order valence-electron chi connectivity index (χ1n) is 5.87. The second-order valence-electron chi connectivity index (χ2n) is 4.18. The van der Waals surface area contributed by atoms with Gasteiger partial charge in [0.25, 0.3) is 0 Å². The van der Waals surface area contributed by atoms with Crippen LogP contribution < -0.4 is 5.32 Å². The Bertz CT molecular complexity index is 307. The van der Waals surface area contributed by atoms with E-state index in [1.807, 2.05) is 0 Å². The Morgan fingerprint density at radius 2 is 2.06 bits per heavy atom. The van der Waals surface area contributed by atoms with Crippen molar-refractivity contribution in [3.8, 4) is 0 Å². The fourth-order valence-electron chi connectivity index (χ4n) is 1.65. The summed E-state index contributed by atoms with van der Waals surface area (Å²) in [6.45, 7) is 14.2. The van der Waals surface area contributed by atoms with Crippen LogP contribution in [0.15, 0.2) is 36.4 Å². The Morgan fingerprint density at radius 1 is 1.41 bits per heavy atom. The molecule has 0 spiro atoms. The van der Waals surface area contributed by atoms with Gasteiger partial charge in [-0.15, -0.1) is 0 Å². The highest BCUT2D eigenvalue weighted by Gasteiger charge is 2.09. The standard InChI is InChI=1S/C13H21FN2O/c1-11(2)13(10-12(3)14)17-9-8-16-6-4-15-5-7-16/h10,15H,1,3-9H2,2H3/b13-10+. The molecule has 0 saturated carbocycles. The predicted octanol–water partition coefficient (Wildman–Crippen LogP) is 1.85. The summed E-state index contributed by atoms with van der Waals surface area (Å²) < 4.78 is 18.2. The van der Waals surface area contributed by atoms with Gasteiger partial charge in [-0.3, -0.25) is 4.90 Å². The predicted molar refractivity (Wildman–Crippen MR) is 68.4 cm³/mol. The maximum absolute atomic E-state index is 12.7. The quantitative estimate of drug-likeness (QED) is 0.566. The topological polar surface area (TPSA) is 24.5 Å². The lowest BCUT2D eigenvalue weighted by Crippen LogP contribution is -2.44. The Kier molecular flexibility index (Phi) is 5.94. The molecule has 0 aromatic rings. The summed E-state index contributed by atoms with van der Waals surface area (Å²) in [5.41, 5.74) is 0.712. The van der Waals surface area contributed by atoms with E-state index in [2.05, 4.69) is 23.4 Å². The smallest absolute Gasteiger partial charge is 0.124 e. The van der Waals surface area contributed by atoms with Crippen LogP contribution in [0.2, 0.25) is 0 Å². The van der Waals surface area contributed by atoms with Crippen LogP contribution in [0, 0.1) is 0 Å². The highest BCUT2D eigenvalue weighted by Crippen LogP contribution is 2.12. The lowest BCUT2D eigenvalue weighted by atomic mass is 10.2. The monoisotopic (exact) mass is 240 g/mol. The molecule has 96 valence electrons. The van der Waals surface area contributed by atoms with Crippen LogP contribution in [-0.4, -0.2) is 44.2 Å². The van der Waals surface area contributed by atoms with Crippen molar-refractivity contribution in [1.29, 1.82) is 0 Å². The second-order valence-corrected chi connectivity index (χ2v) is 4.18. The Labute approximate surface area is 103 Å². The van der Waals surface area contributed by atoms with E-state index < -0.39 is 5.83 Å². The van der Waals surface area contributed by atoms with E-state index in [0.717, 1.165) is 32.7 Å². The molecule has 0 aliphatic carbocycles. The van der Waals surface area contributed by atoms with Gasteiger partial charge in [-0.1, -0.05) is 13.2 Å². The number of halogens is 1. The van der Waals surface area contributed by atoms with E-state index in [1.165, 1.54) is 6.08 Å². The van der Waals surface area contributed by atoms with Gasteiger partial charge in [0.05, 0.1) is 0 Å². The summed E-state index contributed by atoms with van der Waals surface area (Å²) in [7, 11) is 0. The minimum Gasteiger partial charge on any atom is -0.492 e. The molecule has 1 aliphatic rings. The molecular formula is C13H21FN2O. The van der Waals surface area contributed by atoms with Crippen LogP contribution in [0.5, 0.6) is 0 Å². The lowest BCUT2D eigenvalue weighted by molar-refractivity contribution is 0.151. The first-order chi connectivity index (χ1) is 8.09. The van der Waals surface area contributed by atoms with Crippen LogP contribution in [0.25, 0.3) is 0 Å². The summed E-state index contributed by atoms with van der Waals surface area (Å²) in [5, 5.41) is 3.29. The zero-order chi connectivity index (χ0) is 12.7. The van der Waals surface area contributed by atoms with Crippen molar-refractivity contribution in [2.45, 2.75) is 6.92 Å². The fraction of sp³-hybridized carbons (Fsp3) is 0.538. The number of piperazine rings is 1. The molecule has 1 saturated heterocycles. The number of ether oxygens (including phenoxy) is 1. The Hall–Kier alpha value is -1.13. The van der Waals surface area contributed by atoms with Gasteiger partial charge in [-0.2, -0.15) is 0 Å². The van der Waals surface area contributed by atoms with E-state index in [-0.39, 0.29) is 0 Å². The zero-order valence-corrected chi connectivity index (χ0v) is 10.5. The van der Waals surface area contributed by atoms with Crippen molar-refractivity contribution in [1.82, 2.24) is 10.2 Å². The Morgan fingerprint density at radius 3 is 2.59 bits per heavy atom. The molecule has 1 rings (SSSR count). The van der Waals surface area contributed by atoms with Gasteiger partial charge < -0.3 is 10.1 Å². The third-order valence-electron chi connectivity index (χ3n) is 2.58. The molecule has 1 aliphatic heterocycles. The molecule has 1 N–H and O–H groups in total. The van der Waals surface area contributed by atoms with Crippen molar-refractivity contribution >= 4 is 0 Å². The molecule has 1 heterocycles. The van der Waals surface area contributed by atoms with Gasteiger partial charge in [0, 0.05) is 38.8 Å². The van der Waals surface area contributed by atoms with E-state index in [0.29, 0.717) is 17.9 Å². The molecule has 3 nitrogen and oxygen atoms in total. The van der Waals surface area contributed by atoms with Crippen LogP contribution in [-0.2, 0) is 4.74 Å². The molecule has 0 bridgehead atoms. The highest BCUT2D eigenvalue weighted by molar-refractivity contribution is 5.26. The minimum absolute atomic E-state index is 0.479. The van der Waals surface area contributed by atoms with E-state index in [9.17, 15) is 4.39 Å². The number of nitrogens with one attached hydrogen (secondary N) is 1. The van der Waals surface area contributed by atoms with Gasteiger partial charge in [-0.25, -0.2) is 4.39 Å². The first kappa shape index (κ1) is 13.9. The van der Waals surface area contributed by atoms with Crippen molar-refractivity contribution < 1.29 is 9.13 Å². The maximum atomic E-state index is 12.7. The number of rotatable bonds is 6. The highest BCUT2D eigenvalue weighted by atomic mass is 19.1.